The van der Waals surface area contributed by atoms with Crippen LogP contribution in [-0.2, 0) is 0 Å². The number of rotatable bonds is 4. The van der Waals surface area contributed by atoms with Crippen LogP contribution in [-0.4, -0.2) is 42.6 Å². The van der Waals surface area contributed by atoms with Gasteiger partial charge in [-0.25, -0.2) is 4.98 Å². The van der Waals surface area contributed by atoms with Crippen LogP contribution in [0.4, 0.5) is 0 Å². The zero-order valence-electron chi connectivity index (χ0n) is 10.1. The second kappa shape index (κ2) is 5.75. The van der Waals surface area contributed by atoms with Crippen molar-refractivity contribution in [3.63, 3.8) is 0 Å². The SMILES string of the molecule is CC(CNC1CCN(C)CC1)c1nccs1. The number of hydrogen-bond donors (Lipinski definition) is 1. The van der Waals surface area contributed by atoms with Gasteiger partial charge in [0.05, 0.1) is 5.01 Å². The molecule has 1 unspecified atom stereocenters. The number of hydrogen-bond acceptors (Lipinski definition) is 4. The van der Waals surface area contributed by atoms with Crippen LogP contribution in [0.1, 0.15) is 30.7 Å². The van der Waals surface area contributed by atoms with Crippen molar-refractivity contribution in [2.75, 3.05) is 26.7 Å². The first kappa shape index (κ1) is 12.0. The smallest absolute Gasteiger partial charge is 0.0965 e. The molecule has 2 rings (SSSR count). The van der Waals surface area contributed by atoms with Gasteiger partial charge in [0.15, 0.2) is 0 Å². The maximum Gasteiger partial charge on any atom is 0.0965 e. The number of nitrogens with zero attached hydrogens (tertiary/aromatic N) is 2. The summed E-state index contributed by atoms with van der Waals surface area (Å²) in [5, 5.41) is 6.98. The lowest BCUT2D eigenvalue weighted by atomic mass is 10.0. The Bertz CT molecular complexity index is 291. The summed E-state index contributed by atoms with van der Waals surface area (Å²) in [7, 11) is 2.20. The summed E-state index contributed by atoms with van der Waals surface area (Å²) in [4.78, 5) is 6.77. The molecule has 3 nitrogen and oxygen atoms in total. The van der Waals surface area contributed by atoms with Crippen molar-refractivity contribution in [1.29, 1.82) is 0 Å². The molecule has 0 bridgehead atoms. The van der Waals surface area contributed by atoms with Gasteiger partial charge in [0.1, 0.15) is 0 Å². The summed E-state index contributed by atoms with van der Waals surface area (Å²) in [5.41, 5.74) is 0. The maximum absolute atomic E-state index is 4.36. The third-order valence-corrected chi connectivity index (χ3v) is 4.31. The first-order chi connectivity index (χ1) is 7.75. The minimum atomic E-state index is 0.541. The first-order valence-electron chi connectivity index (χ1n) is 6.07. The summed E-state index contributed by atoms with van der Waals surface area (Å²) in [5.74, 6) is 0.541. The molecule has 2 heterocycles. The summed E-state index contributed by atoms with van der Waals surface area (Å²) >= 11 is 1.76. The van der Waals surface area contributed by atoms with Crippen molar-refractivity contribution in [2.45, 2.75) is 31.7 Å². The van der Waals surface area contributed by atoms with E-state index in [0.29, 0.717) is 12.0 Å². The summed E-state index contributed by atoms with van der Waals surface area (Å²) in [6.45, 7) is 5.76. The molecule has 4 heteroatoms. The highest BCUT2D eigenvalue weighted by Gasteiger charge is 2.17. The number of thiazole rings is 1. The molecule has 1 aromatic heterocycles. The monoisotopic (exact) mass is 239 g/mol. The number of aromatic nitrogens is 1. The van der Waals surface area contributed by atoms with Gasteiger partial charge in [-0.3, -0.25) is 0 Å². The van der Waals surface area contributed by atoms with Gasteiger partial charge in [-0.2, -0.15) is 0 Å². The molecule has 1 N–H and O–H groups in total. The van der Waals surface area contributed by atoms with Crippen molar-refractivity contribution in [2.24, 2.45) is 0 Å². The van der Waals surface area contributed by atoms with Crippen LogP contribution in [0, 0.1) is 0 Å². The van der Waals surface area contributed by atoms with Gasteiger partial charge in [-0.15, -0.1) is 11.3 Å². The Morgan fingerprint density at radius 3 is 2.94 bits per heavy atom. The Balaban J connectivity index is 1.71. The van der Waals surface area contributed by atoms with Crippen molar-refractivity contribution in [3.05, 3.63) is 16.6 Å². The molecular formula is C12H21N3S. The average molecular weight is 239 g/mol. The lowest BCUT2D eigenvalue weighted by Crippen LogP contribution is -2.41. The Hall–Kier alpha value is -0.450. The topological polar surface area (TPSA) is 28.2 Å². The van der Waals surface area contributed by atoms with Gasteiger partial charge in [0.25, 0.3) is 0 Å². The van der Waals surface area contributed by atoms with Crippen LogP contribution in [0.3, 0.4) is 0 Å². The molecule has 1 aliphatic rings. The molecule has 0 amide bonds. The van der Waals surface area contributed by atoms with Gasteiger partial charge in [-0.1, -0.05) is 6.92 Å². The van der Waals surface area contributed by atoms with Crippen LogP contribution < -0.4 is 5.32 Å². The van der Waals surface area contributed by atoms with E-state index in [9.17, 15) is 0 Å². The van der Waals surface area contributed by atoms with E-state index in [0.717, 1.165) is 6.54 Å². The molecule has 90 valence electrons. The van der Waals surface area contributed by atoms with Gasteiger partial charge in [0, 0.05) is 30.1 Å². The van der Waals surface area contributed by atoms with Crippen molar-refractivity contribution < 1.29 is 0 Å². The van der Waals surface area contributed by atoms with Crippen LogP contribution in [0.15, 0.2) is 11.6 Å². The van der Waals surface area contributed by atoms with Crippen molar-refractivity contribution in [1.82, 2.24) is 15.2 Å². The van der Waals surface area contributed by atoms with Gasteiger partial charge in [-0.05, 0) is 33.0 Å². The zero-order chi connectivity index (χ0) is 11.4. The van der Waals surface area contributed by atoms with Gasteiger partial charge < -0.3 is 10.2 Å². The Kier molecular flexibility index (Phi) is 4.32. The largest absolute Gasteiger partial charge is 0.313 e. The third kappa shape index (κ3) is 3.27. The molecular weight excluding hydrogens is 218 g/mol. The lowest BCUT2D eigenvalue weighted by molar-refractivity contribution is 0.233. The lowest BCUT2D eigenvalue weighted by Gasteiger charge is -2.30. The van der Waals surface area contributed by atoms with E-state index >= 15 is 0 Å². The van der Waals surface area contributed by atoms with Gasteiger partial charge in [0.2, 0.25) is 0 Å². The molecule has 0 aromatic carbocycles. The third-order valence-electron chi connectivity index (χ3n) is 3.30. The van der Waals surface area contributed by atoms with E-state index in [1.165, 1.54) is 30.9 Å². The Labute approximate surface area is 102 Å². The fourth-order valence-corrected chi connectivity index (χ4v) is 2.82. The number of likely N-dealkylation sites (tertiary alicyclic amines) is 1. The highest BCUT2D eigenvalue weighted by Crippen LogP contribution is 2.17. The van der Waals surface area contributed by atoms with Crippen LogP contribution in [0.5, 0.6) is 0 Å². The molecule has 16 heavy (non-hydrogen) atoms. The molecule has 0 saturated carbocycles. The van der Waals surface area contributed by atoms with E-state index < -0.39 is 0 Å². The molecule has 0 spiro atoms. The summed E-state index contributed by atoms with van der Waals surface area (Å²) in [6, 6.07) is 0.707. The molecule has 0 aliphatic carbocycles. The molecule has 1 saturated heterocycles. The van der Waals surface area contributed by atoms with Crippen molar-refractivity contribution >= 4 is 11.3 Å². The predicted molar refractivity (Wildman–Crippen MR) is 69.1 cm³/mol. The normalized spacial score (nSPS) is 21.1. The molecule has 0 radical (unpaired) electrons. The van der Waals surface area contributed by atoms with Crippen LogP contribution >= 0.6 is 11.3 Å². The summed E-state index contributed by atoms with van der Waals surface area (Å²) < 4.78 is 0. The molecule has 1 atom stereocenters. The number of nitrogens with one attached hydrogen (secondary N) is 1. The zero-order valence-corrected chi connectivity index (χ0v) is 11.0. The predicted octanol–water partition coefficient (Wildman–Crippen LogP) is 1.93. The highest BCUT2D eigenvalue weighted by atomic mass is 32.1. The van der Waals surface area contributed by atoms with E-state index in [-0.39, 0.29) is 0 Å². The van der Waals surface area contributed by atoms with E-state index in [1.807, 2.05) is 6.20 Å². The van der Waals surface area contributed by atoms with E-state index in [2.05, 4.69) is 34.6 Å². The summed E-state index contributed by atoms with van der Waals surface area (Å²) in [6.07, 6.45) is 4.45. The highest BCUT2D eigenvalue weighted by molar-refractivity contribution is 7.09. The minimum Gasteiger partial charge on any atom is -0.313 e. The second-order valence-corrected chi connectivity index (χ2v) is 5.68. The standard InChI is InChI=1S/C12H21N3S/c1-10(12-13-5-8-16-12)9-14-11-3-6-15(2)7-4-11/h5,8,10-11,14H,3-4,6-7,9H2,1-2H3. The number of piperidine rings is 1. The van der Waals surface area contributed by atoms with Gasteiger partial charge >= 0.3 is 0 Å². The van der Waals surface area contributed by atoms with E-state index in [1.54, 1.807) is 11.3 Å². The van der Waals surface area contributed by atoms with Crippen LogP contribution in [0.25, 0.3) is 0 Å². The maximum atomic E-state index is 4.36. The Morgan fingerprint density at radius 2 is 2.31 bits per heavy atom. The van der Waals surface area contributed by atoms with E-state index in [4.69, 9.17) is 0 Å². The molecule has 1 aliphatic heterocycles. The average Bonchev–Trinajstić information content (AvgIpc) is 2.81. The minimum absolute atomic E-state index is 0.541. The molecule has 1 aromatic rings. The molecule has 1 fully saturated rings. The first-order valence-corrected chi connectivity index (χ1v) is 6.95. The Morgan fingerprint density at radius 1 is 1.56 bits per heavy atom. The quantitative estimate of drug-likeness (QED) is 0.870. The second-order valence-electron chi connectivity index (χ2n) is 4.76. The van der Waals surface area contributed by atoms with Crippen LogP contribution in [0.2, 0.25) is 0 Å². The fraction of sp³-hybridized carbons (Fsp3) is 0.750. The van der Waals surface area contributed by atoms with Crippen molar-refractivity contribution in [3.8, 4) is 0 Å². The fourth-order valence-electron chi connectivity index (χ4n) is 2.12.